The molecule has 1 unspecified atom stereocenters. The van der Waals surface area contributed by atoms with Crippen molar-refractivity contribution in [2.24, 2.45) is 0 Å². The van der Waals surface area contributed by atoms with Gasteiger partial charge in [-0.15, -0.1) is 0 Å². The molecule has 4 rings (SSSR count). The van der Waals surface area contributed by atoms with Crippen molar-refractivity contribution in [2.45, 2.75) is 32.0 Å². The zero-order valence-corrected chi connectivity index (χ0v) is 18.4. The van der Waals surface area contributed by atoms with Gasteiger partial charge in [0.15, 0.2) is 0 Å². The van der Waals surface area contributed by atoms with Crippen LogP contribution in [0.1, 0.15) is 34.3 Å². The summed E-state index contributed by atoms with van der Waals surface area (Å²) in [6.07, 6.45) is 0.460. The Kier molecular flexibility index (Phi) is 6.75. The van der Waals surface area contributed by atoms with E-state index in [2.05, 4.69) is 4.90 Å². The van der Waals surface area contributed by atoms with Gasteiger partial charge in [0, 0.05) is 44.7 Å². The average molecular weight is 457 g/mol. The Morgan fingerprint density at radius 1 is 1.30 bits per heavy atom. The molecule has 0 N–H and O–H groups in total. The predicted octanol–water partition coefficient (Wildman–Crippen LogP) is 2.67. The minimum absolute atomic E-state index is 0.0235. The Balaban J connectivity index is 1.28. The first-order valence-electron chi connectivity index (χ1n) is 10.9. The van der Waals surface area contributed by atoms with E-state index >= 15 is 0 Å². The van der Waals surface area contributed by atoms with E-state index in [0.29, 0.717) is 67.2 Å². The number of ether oxygens (including phenoxy) is 2. The van der Waals surface area contributed by atoms with E-state index in [1.807, 2.05) is 6.07 Å². The third kappa shape index (κ3) is 4.76. The Bertz CT molecular complexity index is 1070. The summed E-state index contributed by atoms with van der Waals surface area (Å²) in [5.41, 5.74) is 1.73. The van der Waals surface area contributed by atoms with Gasteiger partial charge in [0.05, 0.1) is 30.7 Å². The van der Waals surface area contributed by atoms with Crippen LogP contribution in [0.2, 0.25) is 0 Å². The first-order valence-corrected chi connectivity index (χ1v) is 10.9. The fourth-order valence-corrected chi connectivity index (χ4v) is 4.40. The predicted molar refractivity (Wildman–Crippen MR) is 114 cm³/mol. The van der Waals surface area contributed by atoms with Crippen LogP contribution in [0.15, 0.2) is 35.1 Å². The lowest BCUT2D eigenvalue weighted by molar-refractivity contribution is -0.132. The van der Waals surface area contributed by atoms with Crippen molar-refractivity contribution >= 4 is 11.9 Å². The maximum atomic E-state index is 14.7. The molecule has 1 saturated heterocycles. The number of nitriles is 1. The summed E-state index contributed by atoms with van der Waals surface area (Å²) >= 11 is 0. The van der Waals surface area contributed by atoms with E-state index in [-0.39, 0.29) is 36.7 Å². The number of carbonyl (C=O) groups excluding carboxylic acids is 2. The van der Waals surface area contributed by atoms with Gasteiger partial charge in [0.1, 0.15) is 24.4 Å². The molecule has 0 radical (unpaired) electrons. The molecule has 2 heterocycles. The van der Waals surface area contributed by atoms with Crippen LogP contribution in [-0.4, -0.2) is 67.7 Å². The molecule has 0 bridgehead atoms. The maximum Gasteiger partial charge on any atom is 0.338 e. The van der Waals surface area contributed by atoms with Crippen LogP contribution in [0.25, 0.3) is 0 Å². The van der Waals surface area contributed by atoms with E-state index in [0.717, 1.165) is 0 Å². The van der Waals surface area contributed by atoms with Gasteiger partial charge in [0.2, 0.25) is 5.91 Å². The maximum absolute atomic E-state index is 14.7. The molecule has 1 amide bonds. The molecule has 174 valence electrons. The lowest BCUT2D eigenvalue weighted by atomic mass is 9.93. The number of allylic oxidation sites excluding steroid dienone is 2. The Labute approximate surface area is 190 Å². The number of hydrogen-bond donors (Lipinski definition) is 0. The summed E-state index contributed by atoms with van der Waals surface area (Å²) in [7, 11) is 1.42. The fraction of sp³-hybridized carbons (Fsp3) is 0.458. The highest BCUT2D eigenvalue weighted by atomic mass is 19.1. The van der Waals surface area contributed by atoms with Gasteiger partial charge in [-0.1, -0.05) is 6.07 Å². The summed E-state index contributed by atoms with van der Waals surface area (Å²) < 4.78 is 39.1. The standard InChI is InChI=1S/C24H25F2N3O4/c1-32-21-11-16(20(25)10-17(21)13-27)12-22(30)29-8-6-28(7-9-29)5-4-15-2-3-18-19(23(15)26)14-33-24(18)31/h2-3,11,20H,4-10,12,14H2,1H3. The summed E-state index contributed by atoms with van der Waals surface area (Å²) in [6, 6.07) is 5.19. The number of methoxy groups -OCH3 is 1. The molecule has 1 atom stereocenters. The highest BCUT2D eigenvalue weighted by Gasteiger charge is 2.29. The van der Waals surface area contributed by atoms with Crippen LogP contribution in [0.3, 0.4) is 0 Å². The molecule has 33 heavy (non-hydrogen) atoms. The van der Waals surface area contributed by atoms with Gasteiger partial charge in [-0.25, -0.2) is 13.6 Å². The molecule has 7 nitrogen and oxygen atoms in total. The zero-order chi connectivity index (χ0) is 23.5. The summed E-state index contributed by atoms with van der Waals surface area (Å²) in [5, 5.41) is 9.09. The number of alkyl halides is 1. The quantitative estimate of drug-likeness (QED) is 0.611. The number of carbonyl (C=O) groups is 2. The van der Waals surface area contributed by atoms with Crippen molar-refractivity contribution in [2.75, 3.05) is 39.8 Å². The topological polar surface area (TPSA) is 82.9 Å². The third-order valence-electron chi connectivity index (χ3n) is 6.42. The number of piperazine rings is 1. The molecule has 2 aliphatic heterocycles. The monoisotopic (exact) mass is 457 g/mol. The molecule has 1 fully saturated rings. The molecule has 0 spiro atoms. The van der Waals surface area contributed by atoms with Crippen LogP contribution in [-0.2, 0) is 27.3 Å². The number of cyclic esters (lactones) is 1. The van der Waals surface area contributed by atoms with Crippen molar-refractivity contribution < 1.29 is 27.8 Å². The molecular formula is C24H25F2N3O4. The van der Waals surface area contributed by atoms with Crippen molar-refractivity contribution in [3.8, 4) is 6.07 Å². The molecule has 1 aliphatic carbocycles. The SMILES string of the molecule is COC1=C(C#N)CC(F)C(CC(=O)N2CCN(CCc3ccc4c(c3F)COC4=O)CC2)=C1. The smallest absolute Gasteiger partial charge is 0.338 e. The lowest BCUT2D eigenvalue weighted by Gasteiger charge is -2.35. The fourth-order valence-electron chi connectivity index (χ4n) is 4.40. The number of halogens is 2. The number of fused-ring (bicyclic) bond motifs is 1. The molecular weight excluding hydrogens is 432 g/mol. The largest absolute Gasteiger partial charge is 0.496 e. The van der Waals surface area contributed by atoms with Crippen LogP contribution >= 0.6 is 0 Å². The van der Waals surface area contributed by atoms with Gasteiger partial charge in [-0.05, 0) is 29.7 Å². The molecule has 3 aliphatic rings. The number of nitrogens with zero attached hydrogens (tertiary/aromatic N) is 3. The van der Waals surface area contributed by atoms with Crippen molar-refractivity contribution in [1.29, 1.82) is 5.26 Å². The normalized spacial score (nSPS) is 20.8. The van der Waals surface area contributed by atoms with Gasteiger partial charge in [-0.3, -0.25) is 9.69 Å². The number of amides is 1. The Morgan fingerprint density at radius 3 is 2.76 bits per heavy atom. The highest BCUT2D eigenvalue weighted by Crippen LogP contribution is 2.29. The van der Waals surface area contributed by atoms with E-state index in [1.54, 1.807) is 17.0 Å². The summed E-state index contributed by atoms with van der Waals surface area (Å²) in [4.78, 5) is 28.1. The first kappa shape index (κ1) is 22.9. The highest BCUT2D eigenvalue weighted by molar-refractivity contribution is 5.93. The summed E-state index contributed by atoms with van der Waals surface area (Å²) in [6.45, 7) is 2.90. The van der Waals surface area contributed by atoms with Gasteiger partial charge < -0.3 is 14.4 Å². The second-order valence-corrected chi connectivity index (χ2v) is 8.34. The van der Waals surface area contributed by atoms with Crippen LogP contribution in [0.4, 0.5) is 8.78 Å². The second kappa shape index (κ2) is 9.71. The zero-order valence-electron chi connectivity index (χ0n) is 18.4. The molecule has 0 aromatic heterocycles. The third-order valence-corrected chi connectivity index (χ3v) is 6.42. The van der Waals surface area contributed by atoms with E-state index in [1.165, 1.54) is 13.2 Å². The van der Waals surface area contributed by atoms with Crippen LogP contribution in [0, 0.1) is 17.1 Å². The molecule has 0 saturated carbocycles. The molecule has 1 aromatic carbocycles. The van der Waals surface area contributed by atoms with Crippen molar-refractivity contribution in [3.63, 3.8) is 0 Å². The van der Waals surface area contributed by atoms with Crippen LogP contribution < -0.4 is 0 Å². The van der Waals surface area contributed by atoms with Crippen molar-refractivity contribution in [3.05, 3.63) is 57.6 Å². The van der Waals surface area contributed by atoms with E-state index in [4.69, 9.17) is 14.7 Å². The van der Waals surface area contributed by atoms with Gasteiger partial charge in [-0.2, -0.15) is 5.26 Å². The second-order valence-electron chi connectivity index (χ2n) is 8.34. The lowest BCUT2D eigenvalue weighted by Crippen LogP contribution is -2.49. The van der Waals surface area contributed by atoms with E-state index < -0.39 is 12.1 Å². The first-order chi connectivity index (χ1) is 15.9. The number of benzene rings is 1. The Hall–Kier alpha value is -3.25. The Morgan fingerprint density at radius 2 is 2.06 bits per heavy atom. The van der Waals surface area contributed by atoms with E-state index in [9.17, 15) is 18.4 Å². The van der Waals surface area contributed by atoms with Crippen LogP contribution in [0.5, 0.6) is 0 Å². The molecule has 1 aromatic rings. The van der Waals surface area contributed by atoms with Crippen molar-refractivity contribution in [1.82, 2.24) is 9.80 Å². The van der Waals surface area contributed by atoms with Gasteiger partial charge in [0.25, 0.3) is 0 Å². The van der Waals surface area contributed by atoms with Gasteiger partial charge >= 0.3 is 5.97 Å². The number of hydrogen-bond acceptors (Lipinski definition) is 6. The minimum Gasteiger partial charge on any atom is -0.496 e. The number of esters is 1. The summed E-state index contributed by atoms with van der Waals surface area (Å²) in [5.74, 6) is -0.709. The molecule has 9 heteroatoms. The minimum atomic E-state index is -1.37. The average Bonchev–Trinajstić information content (AvgIpc) is 3.21. The number of rotatable bonds is 6.